The monoisotopic (exact) mass is 350 g/mol. The van der Waals surface area contributed by atoms with Crippen molar-refractivity contribution in [2.75, 3.05) is 32.8 Å². The highest BCUT2D eigenvalue weighted by Crippen LogP contribution is 2.38. The molecule has 2 aromatic rings. The smallest absolute Gasteiger partial charge is 0.300 e. The minimum atomic E-state index is -0.833. The standard InChI is InChI=1S/C14H18N4O3.C2H4O2/c1-19-10-5-8(6-11(20-2)12(10)21-3)4-9-7-17-14(16)18-13(9)15;1-2(3)4/h5-7H,4H2,1-3H3,(H4,15,16,17,18);1H3,(H,3,4). The van der Waals surface area contributed by atoms with E-state index < -0.39 is 5.97 Å². The molecule has 0 saturated heterocycles. The Kier molecular flexibility index (Phi) is 7.26. The van der Waals surface area contributed by atoms with Crippen molar-refractivity contribution in [3.05, 3.63) is 29.5 Å². The summed E-state index contributed by atoms with van der Waals surface area (Å²) in [5, 5.41) is 7.42. The Hall–Kier alpha value is -3.23. The lowest BCUT2D eigenvalue weighted by molar-refractivity contribution is -0.134. The molecule has 9 nitrogen and oxygen atoms in total. The molecule has 2 rings (SSSR count). The van der Waals surface area contributed by atoms with E-state index in [0.717, 1.165) is 18.1 Å². The minimum Gasteiger partial charge on any atom is -0.493 e. The number of nitrogens with two attached hydrogens (primary N) is 2. The second-order valence-electron chi connectivity index (χ2n) is 4.87. The molecule has 0 aliphatic rings. The molecule has 1 heterocycles. The third-order valence-corrected chi connectivity index (χ3v) is 3.04. The number of carboxylic acids is 1. The molecule has 0 atom stereocenters. The van der Waals surface area contributed by atoms with Gasteiger partial charge in [0, 0.05) is 25.1 Å². The highest BCUT2D eigenvalue weighted by Gasteiger charge is 2.14. The van der Waals surface area contributed by atoms with Crippen LogP contribution in [-0.2, 0) is 11.2 Å². The van der Waals surface area contributed by atoms with Crippen LogP contribution in [0.3, 0.4) is 0 Å². The number of anilines is 2. The molecule has 1 aromatic carbocycles. The number of rotatable bonds is 5. The second kappa shape index (κ2) is 9.16. The maximum Gasteiger partial charge on any atom is 0.300 e. The van der Waals surface area contributed by atoms with Crippen LogP contribution < -0.4 is 25.7 Å². The fourth-order valence-electron chi connectivity index (χ4n) is 2.03. The molecular formula is C16H22N4O5. The van der Waals surface area contributed by atoms with Gasteiger partial charge in [0.2, 0.25) is 11.7 Å². The molecular weight excluding hydrogens is 328 g/mol. The van der Waals surface area contributed by atoms with Crippen LogP contribution in [0.1, 0.15) is 18.1 Å². The number of carbonyl (C=O) groups is 1. The summed E-state index contributed by atoms with van der Waals surface area (Å²) in [7, 11) is 4.70. The predicted octanol–water partition coefficient (Wildman–Crippen LogP) is 1.35. The second-order valence-corrected chi connectivity index (χ2v) is 4.87. The predicted molar refractivity (Wildman–Crippen MR) is 93.1 cm³/mol. The third-order valence-electron chi connectivity index (χ3n) is 3.04. The van der Waals surface area contributed by atoms with Gasteiger partial charge < -0.3 is 30.8 Å². The summed E-state index contributed by atoms with van der Waals surface area (Å²) in [5.41, 5.74) is 13.1. The Morgan fingerprint density at radius 3 is 2.04 bits per heavy atom. The molecule has 0 radical (unpaired) electrons. The number of carboxylic acid groups (broad SMARTS) is 1. The van der Waals surface area contributed by atoms with Gasteiger partial charge in [-0.25, -0.2) is 4.98 Å². The van der Waals surface area contributed by atoms with Gasteiger partial charge in [-0.2, -0.15) is 4.98 Å². The van der Waals surface area contributed by atoms with Crippen molar-refractivity contribution in [3.63, 3.8) is 0 Å². The Balaban J connectivity index is 0.000000705. The Bertz CT molecular complexity index is 707. The van der Waals surface area contributed by atoms with E-state index in [1.807, 2.05) is 12.1 Å². The maximum atomic E-state index is 9.00. The van der Waals surface area contributed by atoms with Crippen LogP contribution in [0, 0.1) is 0 Å². The first-order valence-corrected chi connectivity index (χ1v) is 7.17. The van der Waals surface area contributed by atoms with Gasteiger partial charge in [-0.3, -0.25) is 4.79 Å². The van der Waals surface area contributed by atoms with E-state index in [9.17, 15) is 0 Å². The first kappa shape index (κ1) is 19.8. The number of aliphatic carboxylic acids is 1. The van der Waals surface area contributed by atoms with Crippen LogP contribution in [0.5, 0.6) is 17.2 Å². The van der Waals surface area contributed by atoms with E-state index in [1.165, 1.54) is 0 Å². The van der Waals surface area contributed by atoms with Crippen LogP contribution >= 0.6 is 0 Å². The lowest BCUT2D eigenvalue weighted by Gasteiger charge is -2.14. The van der Waals surface area contributed by atoms with Crippen molar-refractivity contribution in [3.8, 4) is 17.2 Å². The molecule has 1 aromatic heterocycles. The van der Waals surface area contributed by atoms with Crippen molar-refractivity contribution in [2.45, 2.75) is 13.3 Å². The molecule has 9 heteroatoms. The molecule has 0 aliphatic carbocycles. The third kappa shape index (κ3) is 5.72. The lowest BCUT2D eigenvalue weighted by atomic mass is 10.1. The van der Waals surface area contributed by atoms with Gasteiger partial charge in [0.1, 0.15) is 5.82 Å². The van der Waals surface area contributed by atoms with Gasteiger partial charge in [-0.15, -0.1) is 0 Å². The zero-order chi connectivity index (χ0) is 19.0. The molecule has 0 saturated carbocycles. The molecule has 136 valence electrons. The number of benzene rings is 1. The Morgan fingerprint density at radius 2 is 1.64 bits per heavy atom. The van der Waals surface area contributed by atoms with E-state index in [2.05, 4.69) is 9.97 Å². The molecule has 5 N–H and O–H groups in total. The van der Waals surface area contributed by atoms with Gasteiger partial charge in [-0.1, -0.05) is 0 Å². The Labute approximate surface area is 145 Å². The molecule has 0 aliphatic heterocycles. The largest absolute Gasteiger partial charge is 0.493 e. The van der Waals surface area contributed by atoms with Crippen LogP contribution in [0.2, 0.25) is 0 Å². The maximum absolute atomic E-state index is 9.00. The molecule has 0 amide bonds. The van der Waals surface area contributed by atoms with Crippen molar-refractivity contribution in [1.82, 2.24) is 9.97 Å². The number of nitrogens with zero attached hydrogens (tertiary/aromatic N) is 2. The number of hydrogen-bond donors (Lipinski definition) is 3. The first-order chi connectivity index (χ1) is 11.8. The average molecular weight is 350 g/mol. The lowest BCUT2D eigenvalue weighted by Crippen LogP contribution is -2.04. The fourth-order valence-corrected chi connectivity index (χ4v) is 2.03. The zero-order valence-electron chi connectivity index (χ0n) is 14.6. The topological polar surface area (TPSA) is 143 Å². The molecule has 0 spiro atoms. The number of aromatic nitrogens is 2. The van der Waals surface area contributed by atoms with Gasteiger partial charge in [0.15, 0.2) is 11.5 Å². The molecule has 0 fully saturated rings. The van der Waals surface area contributed by atoms with E-state index in [0.29, 0.717) is 29.5 Å². The van der Waals surface area contributed by atoms with Gasteiger partial charge in [0.25, 0.3) is 5.97 Å². The SMILES string of the molecule is CC(=O)O.COc1cc(Cc2cnc(N)nc2N)cc(OC)c1OC. The summed E-state index contributed by atoms with van der Waals surface area (Å²) in [5.74, 6) is 1.39. The van der Waals surface area contributed by atoms with Crippen LogP contribution in [-0.4, -0.2) is 42.4 Å². The van der Waals surface area contributed by atoms with Crippen molar-refractivity contribution in [1.29, 1.82) is 0 Å². The van der Waals surface area contributed by atoms with Gasteiger partial charge >= 0.3 is 0 Å². The van der Waals surface area contributed by atoms with Gasteiger partial charge in [0.05, 0.1) is 21.3 Å². The number of ether oxygens (including phenoxy) is 3. The molecule has 0 bridgehead atoms. The first-order valence-electron chi connectivity index (χ1n) is 7.17. The summed E-state index contributed by atoms with van der Waals surface area (Å²) < 4.78 is 15.9. The Morgan fingerprint density at radius 1 is 1.12 bits per heavy atom. The van der Waals surface area contributed by atoms with Crippen molar-refractivity contribution in [2.24, 2.45) is 0 Å². The fraction of sp³-hybridized carbons (Fsp3) is 0.312. The summed E-state index contributed by atoms with van der Waals surface area (Å²) >= 11 is 0. The summed E-state index contributed by atoms with van der Waals surface area (Å²) in [6.45, 7) is 1.08. The quantitative estimate of drug-likeness (QED) is 0.728. The van der Waals surface area contributed by atoms with E-state index in [1.54, 1.807) is 27.5 Å². The van der Waals surface area contributed by atoms with Crippen molar-refractivity contribution < 1.29 is 24.1 Å². The van der Waals surface area contributed by atoms with E-state index >= 15 is 0 Å². The van der Waals surface area contributed by atoms with E-state index in [-0.39, 0.29) is 5.95 Å². The number of nitrogen functional groups attached to an aromatic ring is 2. The molecule has 25 heavy (non-hydrogen) atoms. The summed E-state index contributed by atoms with van der Waals surface area (Å²) in [4.78, 5) is 16.9. The van der Waals surface area contributed by atoms with Gasteiger partial charge in [-0.05, 0) is 17.7 Å². The van der Waals surface area contributed by atoms with E-state index in [4.69, 9.17) is 35.6 Å². The minimum absolute atomic E-state index is 0.154. The van der Waals surface area contributed by atoms with Crippen LogP contribution in [0.4, 0.5) is 11.8 Å². The number of methoxy groups -OCH3 is 3. The summed E-state index contributed by atoms with van der Waals surface area (Å²) in [6.07, 6.45) is 2.14. The zero-order valence-corrected chi connectivity index (χ0v) is 14.6. The number of hydrogen-bond acceptors (Lipinski definition) is 8. The normalized spacial score (nSPS) is 9.60. The average Bonchev–Trinajstić information content (AvgIpc) is 2.55. The van der Waals surface area contributed by atoms with Crippen molar-refractivity contribution >= 4 is 17.7 Å². The highest BCUT2D eigenvalue weighted by molar-refractivity contribution is 5.63. The summed E-state index contributed by atoms with van der Waals surface area (Å²) in [6, 6.07) is 3.72. The molecule has 0 unspecified atom stereocenters. The highest BCUT2D eigenvalue weighted by atomic mass is 16.5. The van der Waals surface area contributed by atoms with Crippen LogP contribution in [0.25, 0.3) is 0 Å². The van der Waals surface area contributed by atoms with Crippen LogP contribution in [0.15, 0.2) is 18.3 Å².